The lowest BCUT2D eigenvalue weighted by Crippen LogP contribution is -2.40. The maximum atomic E-state index is 11.7. The van der Waals surface area contributed by atoms with E-state index in [0.29, 0.717) is 6.42 Å². The van der Waals surface area contributed by atoms with Crippen LogP contribution in [-0.4, -0.2) is 18.9 Å². The molecule has 0 aromatic rings. The number of ether oxygens (including phenoxy) is 1. The molecule has 0 spiro atoms. The molecule has 72 valence electrons. The Hall–Kier alpha value is -1.12. The molecule has 2 atom stereocenters. The van der Waals surface area contributed by atoms with E-state index >= 15 is 0 Å². The van der Waals surface area contributed by atoms with Crippen LogP contribution in [0.1, 0.15) is 20.3 Å². The molecular weight excluding hydrogens is 168 g/mol. The van der Waals surface area contributed by atoms with Gasteiger partial charge in [-0.2, -0.15) is 0 Å². The Kier molecular flexibility index (Phi) is 2.55. The van der Waals surface area contributed by atoms with Crippen LogP contribution in [0.2, 0.25) is 0 Å². The molecule has 0 heterocycles. The highest BCUT2D eigenvalue weighted by molar-refractivity contribution is 6.07. The van der Waals surface area contributed by atoms with Crippen LogP contribution in [0.5, 0.6) is 0 Å². The zero-order valence-electron chi connectivity index (χ0n) is 8.16. The van der Waals surface area contributed by atoms with Gasteiger partial charge in [-0.15, -0.1) is 0 Å². The molecule has 0 saturated heterocycles. The second-order valence-corrected chi connectivity index (χ2v) is 3.60. The third kappa shape index (κ3) is 1.50. The SMILES string of the molecule is COC(=O)[C@]1(C)C=CC[C@H](C)C1=O. The number of rotatable bonds is 1. The maximum absolute atomic E-state index is 11.7. The first-order valence-corrected chi connectivity index (χ1v) is 4.33. The number of carbonyl (C=O) groups excluding carboxylic acids is 2. The summed E-state index contributed by atoms with van der Waals surface area (Å²) in [5.74, 6) is -0.615. The number of ketones is 1. The van der Waals surface area contributed by atoms with E-state index in [4.69, 9.17) is 0 Å². The van der Waals surface area contributed by atoms with Crippen molar-refractivity contribution in [3.05, 3.63) is 12.2 Å². The minimum Gasteiger partial charge on any atom is -0.468 e. The Balaban J connectivity index is 3.01. The van der Waals surface area contributed by atoms with Crippen molar-refractivity contribution in [2.45, 2.75) is 20.3 Å². The molecule has 0 aromatic heterocycles. The number of hydrogen-bond donors (Lipinski definition) is 0. The van der Waals surface area contributed by atoms with Crippen LogP contribution in [-0.2, 0) is 14.3 Å². The van der Waals surface area contributed by atoms with Gasteiger partial charge in [0.25, 0.3) is 0 Å². The predicted octanol–water partition coefficient (Wildman–Crippen LogP) is 1.33. The van der Waals surface area contributed by atoms with Crippen LogP contribution in [0.3, 0.4) is 0 Å². The van der Waals surface area contributed by atoms with Gasteiger partial charge >= 0.3 is 5.97 Å². The molecule has 0 radical (unpaired) electrons. The van der Waals surface area contributed by atoms with Gasteiger partial charge in [-0.05, 0) is 13.3 Å². The van der Waals surface area contributed by atoms with Crippen LogP contribution in [0, 0.1) is 11.3 Å². The Morgan fingerprint density at radius 3 is 2.85 bits per heavy atom. The van der Waals surface area contributed by atoms with E-state index in [0.717, 1.165) is 0 Å². The van der Waals surface area contributed by atoms with Crippen molar-refractivity contribution >= 4 is 11.8 Å². The van der Waals surface area contributed by atoms with E-state index in [2.05, 4.69) is 4.74 Å². The molecule has 3 heteroatoms. The molecule has 1 aliphatic carbocycles. The summed E-state index contributed by atoms with van der Waals surface area (Å²) >= 11 is 0. The monoisotopic (exact) mass is 182 g/mol. The number of methoxy groups -OCH3 is 1. The zero-order chi connectivity index (χ0) is 10.1. The summed E-state index contributed by atoms with van der Waals surface area (Å²) in [5, 5.41) is 0. The van der Waals surface area contributed by atoms with Crippen LogP contribution in [0.25, 0.3) is 0 Å². The first-order valence-electron chi connectivity index (χ1n) is 4.33. The van der Waals surface area contributed by atoms with E-state index in [-0.39, 0.29) is 11.7 Å². The van der Waals surface area contributed by atoms with E-state index in [1.54, 1.807) is 13.0 Å². The topological polar surface area (TPSA) is 43.4 Å². The van der Waals surface area contributed by atoms with Crippen molar-refractivity contribution in [3.8, 4) is 0 Å². The van der Waals surface area contributed by atoms with Crippen molar-refractivity contribution in [2.75, 3.05) is 7.11 Å². The van der Waals surface area contributed by atoms with Crippen LogP contribution >= 0.6 is 0 Å². The van der Waals surface area contributed by atoms with E-state index in [1.807, 2.05) is 13.0 Å². The highest BCUT2D eigenvalue weighted by Crippen LogP contribution is 2.31. The highest BCUT2D eigenvalue weighted by atomic mass is 16.5. The normalized spacial score (nSPS) is 33.2. The first kappa shape index (κ1) is 9.96. The number of allylic oxidation sites excluding steroid dienone is 1. The average Bonchev–Trinajstić information content (AvgIpc) is 2.13. The fraction of sp³-hybridized carbons (Fsp3) is 0.600. The Morgan fingerprint density at radius 2 is 2.31 bits per heavy atom. The van der Waals surface area contributed by atoms with Crippen molar-refractivity contribution in [1.82, 2.24) is 0 Å². The highest BCUT2D eigenvalue weighted by Gasteiger charge is 2.43. The maximum Gasteiger partial charge on any atom is 0.322 e. The van der Waals surface area contributed by atoms with Crippen molar-refractivity contribution in [1.29, 1.82) is 0 Å². The second-order valence-electron chi connectivity index (χ2n) is 3.60. The summed E-state index contributed by atoms with van der Waals surface area (Å²) in [7, 11) is 1.30. The Morgan fingerprint density at radius 1 is 1.69 bits per heavy atom. The lowest BCUT2D eigenvalue weighted by atomic mass is 9.75. The third-order valence-corrected chi connectivity index (χ3v) is 2.51. The van der Waals surface area contributed by atoms with Gasteiger partial charge < -0.3 is 4.74 Å². The van der Waals surface area contributed by atoms with Gasteiger partial charge in [0, 0.05) is 5.92 Å². The van der Waals surface area contributed by atoms with Crippen molar-refractivity contribution in [2.24, 2.45) is 11.3 Å². The molecule has 0 fully saturated rings. The van der Waals surface area contributed by atoms with E-state index in [1.165, 1.54) is 7.11 Å². The standard InChI is InChI=1S/C10H14O3/c1-7-5-4-6-10(2,8(7)11)9(12)13-3/h4,6-7H,5H2,1-3H3/t7-,10+/m0/s1. The summed E-state index contributed by atoms with van der Waals surface area (Å²) in [6.07, 6.45) is 4.22. The molecule has 0 aromatic carbocycles. The van der Waals surface area contributed by atoms with E-state index in [9.17, 15) is 9.59 Å². The van der Waals surface area contributed by atoms with Crippen LogP contribution < -0.4 is 0 Å². The molecule has 0 unspecified atom stereocenters. The van der Waals surface area contributed by atoms with Gasteiger partial charge in [0.1, 0.15) is 5.41 Å². The summed E-state index contributed by atoms with van der Waals surface area (Å²) < 4.78 is 4.60. The number of esters is 1. The number of carbonyl (C=O) groups is 2. The zero-order valence-corrected chi connectivity index (χ0v) is 8.16. The Bertz CT molecular complexity index is 267. The summed E-state index contributed by atoms with van der Waals surface area (Å²) in [5.41, 5.74) is -1.06. The molecular formula is C10H14O3. The number of hydrogen-bond acceptors (Lipinski definition) is 3. The van der Waals surface area contributed by atoms with Gasteiger partial charge in [0.15, 0.2) is 5.78 Å². The largest absolute Gasteiger partial charge is 0.468 e. The minimum atomic E-state index is -1.06. The predicted molar refractivity (Wildman–Crippen MR) is 48.1 cm³/mol. The lowest BCUT2D eigenvalue weighted by molar-refractivity contribution is -0.155. The van der Waals surface area contributed by atoms with Gasteiger partial charge in [-0.1, -0.05) is 19.1 Å². The molecule has 1 aliphatic rings. The average molecular weight is 182 g/mol. The first-order chi connectivity index (χ1) is 6.02. The van der Waals surface area contributed by atoms with Crippen molar-refractivity contribution < 1.29 is 14.3 Å². The van der Waals surface area contributed by atoms with Gasteiger partial charge in [0.2, 0.25) is 0 Å². The quantitative estimate of drug-likeness (QED) is 0.349. The van der Waals surface area contributed by atoms with Gasteiger partial charge in [-0.25, -0.2) is 0 Å². The number of Topliss-reactive ketones (excluding diaryl/α,β-unsaturated/α-hetero) is 1. The molecule has 13 heavy (non-hydrogen) atoms. The minimum absolute atomic E-state index is 0.0538. The summed E-state index contributed by atoms with van der Waals surface area (Å²) in [6.45, 7) is 3.43. The van der Waals surface area contributed by atoms with Crippen LogP contribution in [0.15, 0.2) is 12.2 Å². The fourth-order valence-electron chi connectivity index (χ4n) is 1.59. The molecule has 3 nitrogen and oxygen atoms in total. The van der Waals surface area contributed by atoms with Gasteiger partial charge in [-0.3, -0.25) is 9.59 Å². The van der Waals surface area contributed by atoms with Crippen LogP contribution in [0.4, 0.5) is 0 Å². The lowest BCUT2D eigenvalue weighted by Gasteiger charge is -2.27. The smallest absolute Gasteiger partial charge is 0.322 e. The Labute approximate surface area is 77.8 Å². The summed E-state index contributed by atoms with van der Waals surface area (Å²) in [6, 6.07) is 0. The third-order valence-electron chi connectivity index (χ3n) is 2.51. The van der Waals surface area contributed by atoms with Crippen molar-refractivity contribution in [3.63, 3.8) is 0 Å². The molecule has 0 saturated carbocycles. The second kappa shape index (κ2) is 3.32. The van der Waals surface area contributed by atoms with E-state index < -0.39 is 11.4 Å². The molecule has 0 bridgehead atoms. The van der Waals surface area contributed by atoms with Gasteiger partial charge in [0.05, 0.1) is 7.11 Å². The fourth-order valence-corrected chi connectivity index (χ4v) is 1.59. The molecule has 0 aliphatic heterocycles. The molecule has 0 amide bonds. The molecule has 0 N–H and O–H groups in total. The summed E-state index contributed by atoms with van der Waals surface area (Å²) in [4.78, 5) is 23.0. The molecule has 1 rings (SSSR count).